The van der Waals surface area contributed by atoms with E-state index in [1.54, 1.807) is 7.11 Å². The molecule has 3 aliphatic heterocycles. The number of methoxy groups -OCH3 is 1. The predicted octanol–water partition coefficient (Wildman–Crippen LogP) is 21.0. The first-order valence-corrected chi connectivity index (χ1v) is 45.6. The molecule has 0 aliphatic carbocycles. The Bertz CT molecular complexity index is 4680. The molecule has 1 N–H and O–H groups in total. The second-order valence-corrected chi connectivity index (χ2v) is 32.9. The number of rotatable bonds is 56. The monoisotopic (exact) mass is 1740 g/mol. The smallest absolute Gasteiger partial charge is 0.187 e. The zero-order valence-corrected chi connectivity index (χ0v) is 73.9. The first-order valence-electron chi connectivity index (χ1n) is 45.6. The van der Waals surface area contributed by atoms with Crippen molar-refractivity contribution in [3.05, 3.63) is 375 Å². The molecular weight excluding hydrogens is 1620 g/mol. The highest BCUT2D eigenvalue weighted by Gasteiger charge is 2.57. The summed E-state index contributed by atoms with van der Waals surface area (Å²) in [6.45, 7) is 3.14. The molecule has 21 heteroatoms. The number of allylic oxidation sites excluding steroid dienone is 1. The van der Waals surface area contributed by atoms with Gasteiger partial charge in [0, 0.05) is 4.91 Å². The summed E-state index contributed by atoms with van der Waals surface area (Å²) in [6.07, 6.45) is -0.0902. The average Bonchev–Trinajstić information content (AvgIpc) is 0.779. The van der Waals surface area contributed by atoms with E-state index in [0.717, 1.165) is 74.9 Å². The van der Waals surface area contributed by atoms with E-state index in [1.807, 2.05) is 303 Å². The van der Waals surface area contributed by atoms with Crippen molar-refractivity contribution in [2.45, 2.75) is 254 Å². The van der Waals surface area contributed by atoms with Gasteiger partial charge in [0.05, 0.1) is 112 Å². The van der Waals surface area contributed by atoms with Crippen LogP contribution in [0.3, 0.4) is 0 Å². The van der Waals surface area contributed by atoms with E-state index in [9.17, 15) is 10.6 Å². The van der Waals surface area contributed by atoms with E-state index in [-0.39, 0.29) is 92.5 Å². The minimum atomic E-state index is -1.60. The van der Waals surface area contributed by atoms with Gasteiger partial charge >= 0.3 is 0 Å². The summed E-state index contributed by atoms with van der Waals surface area (Å²) in [7, 11) is 1.64. The summed E-state index contributed by atoms with van der Waals surface area (Å²) < 4.78 is 122. The van der Waals surface area contributed by atoms with E-state index < -0.39 is 104 Å². The van der Waals surface area contributed by atoms with Crippen molar-refractivity contribution in [2.24, 2.45) is 5.11 Å². The molecule has 21 nitrogen and oxygen atoms in total. The van der Waals surface area contributed by atoms with Crippen LogP contribution in [0.15, 0.2) is 315 Å². The van der Waals surface area contributed by atoms with E-state index in [0.29, 0.717) is 5.75 Å². The van der Waals surface area contributed by atoms with Crippen molar-refractivity contribution in [1.82, 2.24) is 0 Å². The molecular formula is C107H127N3O18. The third kappa shape index (κ3) is 31.3. The third-order valence-electron chi connectivity index (χ3n) is 23.2. The van der Waals surface area contributed by atoms with Gasteiger partial charge in [0.25, 0.3) is 0 Å². The van der Waals surface area contributed by atoms with E-state index >= 15 is 0 Å². The first-order chi connectivity index (χ1) is 63.3. The zero-order chi connectivity index (χ0) is 88.0. The maximum Gasteiger partial charge on any atom is 0.187 e. The maximum atomic E-state index is 13.5. The van der Waals surface area contributed by atoms with Crippen LogP contribution in [0.4, 0.5) is 0 Å². The topological polar surface area (TPSA) is 226 Å². The van der Waals surface area contributed by atoms with Gasteiger partial charge in [-0.05, 0) is 86.1 Å². The molecule has 0 bridgehead atoms. The molecule has 6 unspecified atom stereocenters. The van der Waals surface area contributed by atoms with Crippen LogP contribution in [0.25, 0.3) is 10.4 Å². The fourth-order valence-electron chi connectivity index (χ4n) is 16.2. The number of azide groups is 1. The van der Waals surface area contributed by atoms with Gasteiger partial charge in [-0.3, -0.25) is 0 Å². The normalized spacial score (nSPS) is 22.8. The SMILES string of the molecule is CCCCCCCCCCCCCC=C[C@@H](OCc1ccccc1)[C@H](CO[C@@H]1OC(COCc2ccccc2)[C@@H](O[C@@H]2OC(COCc3ccccc3)[C@H](O[C@@H]3OC(COCc4ccccc4)[C@H](OCc4ccccc4)[C@@H](OCc4ccc(OC)cc4)C3OCc3ccccc3)[C@@H](OCc3ccccc3)C2OCc2ccccc2)[C@@H](OCc2ccccc2)C1O)N=[N+]=[N-]. The lowest BCUT2D eigenvalue weighted by Gasteiger charge is -2.51. The van der Waals surface area contributed by atoms with Gasteiger partial charge in [0.1, 0.15) is 79.0 Å². The molecule has 3 saturated heterocycles. The Kier molecular flexibility index (Phi) is 41.0. The lowest BCUT2D eigenvalue weighted by molar-refractivity contribution is -0.394. The second-order valence-electron chi connectivity index (χ2n) is 32.9. The number of hydrogen-bond donors (Lipinski definition) is 1. The Balaban J connectivity index is 0.883. The quantitative estimate of drug-likeness (QED) is 0.0123. The summed E-state index contributed by atoms with van der Waals surface area (Å²) >= 11 is 0. The number of benzene rings is 10. The van der Waals surface area contributed by atoms with Crippen LogP contribution < -0.4 is 4.74 Å². The van der Waals surface area contributed by atoms with E-state index in [2.05, 4.69) is 23.0 Å². The largest absolute Gasteiger partial charge is 0.497 e. The molecule has 0 amide bonds. The minimum Gasteiger partial charge on any atom is -0.497 e. The molecule has 0 aromatic heterocycles. The predicted molar refractivity (Wildman–Crippen MR) is 491 cm³/mol. The summed E-state index contributed by atoms with van der Waals surface area (Å²) in [4.78, 5) is 3.37. The van der Waals surface area contributed by atoms with Crippen LogP contribution in [-0.4, -0.2) is 143 Å². The van der Waals surface area contributed by atoms with Gasteiger partial charge in [-0.2, -0.15) is 0 Å². The summed E-state index contributed by atoms with van der Waals surface area (Å²) in [6, 6.07) is 95.8. The van der Waals surface area contributed by atoms with Crippen molar-refractivity contribution < 1.29 is 85.6 Å². The molecule has 10 aromatic carbocycles. The van der Waals surface area contributed by atoms with Gasteiger partial charge in [0.15, 0.2) is 18.9 Å². The number of ether oxygens (including phenoxy) is 17. The van der Waals surface area contributed by atoms with Crippen LogP contribution in [-0.2, 0) is 142 Å². The molecule has 13 rings (SSSR count). The lowest BCUT2D eigenvalue weighted by Crippen LogP contribution is -2.68. The van der Waals surface area contributed by atoms with Crippen molar-refractivity contribution in [3.8, 4) is 5.75 Å². The molecule has 0 spiro atoms. The summed E-state index contributed by atoms with van der Waals surface area (Å²) in [5, 5.41) is 17.8. The van der Waals surface area contributed by atoms with E-state index in [1.165, 1.54) is 57.8 Å². The minimum absolute atomic E-state index is 0.0116. The van der Waals surface area contributed by atoms with Crippen molar-refractivity contribution in [3.63, 3.8) is 0 Å². The van der Waals surface area contributed by atoms with Crippen molar-refractivity contribution in [1.29, 1.82) is 0 Å². The standard InChI is InChI=1S/C107H127N3O18/c1-3-4-5-6-7-8-9-10-11-12-13-14-42-61-92(116-69-83-49-30-18-31-50-83)91(109-110-108)76-123-105-96(111)100(118-71-85-53-34-20-35-54-85)98(94(124-105)78-114-67-81-45-26-16-27-46-81)127-107-104(122-74-88-59-40-23-41-60-88)102(120-72-86-55-36-21-37-56-86)99(95(126-107)79-115-68-82-47-28-17-29-48-82)128-106-103(121-73-87-57-38-22-39-58-87)101(119-75-89-62-64-90(112-2)65-63-89)97(117-70-84-51-32-19-33-52-84)93(125-106)77-113-66-80-43-24-15-25-44-80/h15-65,91-107,111H,3-14,66-79H2,1-2H3/t91-,92+,93?,94?,95?,96?,97-,98+,99-,100-,101+,102+,103?,104?,105+,106-,107-/m0/s1. The number of hydrogen-bond acceptors (Lipinski definition) is 19. The number of aliphatic hydroxyl groups excluding tert-OH is 1. The van der Waals surface area contributed by atoms with Crippen LogP contribution >= 0.6 is 0 Å². The van der Waals surface area contributed by atoms with Crippen LogP contribution in [0.2, 0.25) is 0 Å². The van der Waals surface area contributed by atoms with Crippen LogP contribution in [0.5, 0.6) is 5.75 Å². The Morgan fingerprint density at radius 2 is 0.641 bits per heavy atom. The molecule has 678 valence electrons. The molecule has 10 aromatic rings. The van der Waals surface area contributed by atoms with Gasteiger partial charge in [0.2, 0.25) is 0 Å². The fraction of sp³-hybridized carbons (Fsp3) is 0.421. The first kappa shape index (κ1) is 95.9. The number of nitrogens with zero attached hydrogens (tertiary/aromatic N) is 3. The van der Waals surface area contributed by atoms with Crippen LogP contribution in [0, 0.1) is 0 Å². The zero-order valence-electron chi connectivity index (χ0n) is 73.9. The Hall–Kier alpha value is -9.63. The average molecular weight is 1740 g/mol. The van der Waals surface area contributed by atoms with Gasteiger partial charge in [-0.1, -0.05) is 374 Å². The van der Waals surface area contributed by atoms with Gasteiger partial charge < -0.3 is 85.6 Å². The highest BCUT2D eigenvalue weighted by atomic mass is 16.8. The maximum absolute atomic E-state index is 13.5. The summed E-state index contributed by atoms with van der Waals surface area (Å²) in [5.74, 6) is 0.695. The number of unbranched alkanes of at least 4 members (excludes halogenated alkanes) is 11. The van der Waals surface area contributed by atoms with Crippen molar-refractivity contribution in [2.75, 3.05) is 33.5 Å². The molecule has 0 radical (unpaired) electrons. The Morgan fingerprint density at radius 1 is 0.336 bits per heavy atom. The highest BCUT2D eigenvalue weighted by molar-refractivity contribution is 5.27. The molecule has 3 fully saturated rings. The molecule has 128 heavy (non-hydrogen) atoms. The van der Waals surface area contributed by atoms with Crippen molar-refractivity contribution >= 4 is 0 Å². The molecule has 0 saturated carbocycles. The molecule has 17 atom stereocenters. The molecule has 3 aliphatic rings. The molecule has 3 heterocycles. The van der Waals surface area contributed by atoms with Crippen LogP contribution in [0.1, 0.15) is 140 Å². The Labute approximate surface area is 755 Å². The lowest BCUT2D eigenvalue weighted by atomic mass is 9.95. The van der Waals surface area contributed by atoms with E-state index in [4.69, 9.17) is 80.5 Å². The highest BCUT2D eigenvalue weighted by Crippen LogP contribution is 2.40. The van der Waals surface area contributed by atoms with Gasteiger partial charge in [-0.25, -0.2) is 0 Å². The van der Waals surface area contributed by atoms with Gasteiger partial charge in [-0.15, -0.1) is 0 Å². The number of aliphatic hydroxyl groups is 1. The Morgan fingerprint density at radius 3 is 1.02 bits per heavy atom. The summed E-state index contributed by atoms with van der Waals surface area (Å²) in [5.41, 5.74) is 19.3. The third-order valence-corrected chi connectivity index (χ3v) is 23.2. The fourth-order valence-corrected chi connectivity index (χ4v) is 16.2. The second kappa shape index (κ2) is 54.8.